The summed E-state index contributed by atoms with van der Waals surface area (Å²) in [4.78, 5) is 17.3. The number of ether oxygens (including phenoxy) is 1. The average molecular weight is 437 g/mol. The van der Waals surface area contributed by atoms with Gasteiger partial charge in [0.05, 0.1) is 22.1 Å². The van der Waals surface area contributed by atoms with Crippen LogP contribution in [-0.4, -0.2) is 22.7 Å². The molecule has 3 N–H and O–H groups in total. The maximum absolute atomic E-state index is 15.4. The Morgan fingerprint density at radius 3 is 2.84 bits per heavy atom. The highest BCUT2D eigenvalue weighted by Gasteiger charge is 2.42. The summed E-state index contributed by atoms with van der Waals surface area (Å²) in [6.07, 6.45) is 10.5. The first-order valence-electron chi connectivity index (χ1n) is 11.5. The number of fused-ring (bicyclic) bond motifs is 1. The summed E-state index contributed by atoms with van der Waals surface area (Å²) in [5.41, 5.74) is 8.22. The number of nitrogens with two attached hydrogens (primary N) is 1. The van der Waals surface area contributed by atoms with E-state index in [1.165, 1.54) is 0 Å². The van der Waals surface area contributed by atoms with E-state index < -0.39 is 5.82 Å². The van der Waals surface area contributed by atoms with Crippen LogP contribution >= 0.6 is 0 Å². The number of pyridine rings is 2. The number of unbranched alkanes of at least 4 members (excludes halogenated alkanes) is 1. The number of nitrogens with zero attached hydrogens (tertiary/aromatic N) is 2. The summed E-state index contributed by atoms with van der Waals surface area (Å²) in [5, 5.41) is 3.45. The van der Waals surface area contributed by atoms with Crippen molar-refractivity contribution in [1.29, 1.82) is 0 Å². The van der Waals surface area contributed by atoms with E-state index in [1.54, 1.807) is 13.1 Å². The Morgan fingerprint density at radius 2 is 2.09 bits per heavy atom. The van der Waals surface area contributed by atoms with Crippen LogP contribution in [0.5, 0.6) is 5.75 Å². The van der Waals surface area contributed by atoms with Gasteiger partial charge >= 0.3 is 0 Å². The molecule has 3 heterocycles. The maximum Gasteiger partial charge on any atom is 0.194 e. The van der Waals surface area contributed by atoms with Crippen LogP contribution in [-0.2, 0) is 12.0 Å². The third-order valence-electron chi connectivity index (χ3n) is 6.97. The highest BCUT2D eigenvalue weighted by molar-refractivity contribution is 6.00. The summed E-state index contributed by atoms with van der Waals surface area (Å²) in [6.45, 7) is 2.83. The summed E-state index contributed by atoms with van der Waals surface area (Å²) >= 11 is 0. The number of hydrogen-bond donors (Lipinski definition) is 2. The molecule has 0 radical (unpaired) electrons. The highest BCUT2D eigenvalue weighted by atomic mass is 19.1. The summed E-state index contributed by atoms with van der Waals surface area (Å²) in [5.74, 6) is -0.195. The summed E-state index contributed by atoms with van der Waals surface area (Å²) in [6, 6.07) is 5.89. The molecule has 3 aromatic rings. The molecule has 0 saturated heterocycles. The van der Waals surface area contributed by atoms with Gasteiger partial charge in [-0.2, -0.15) is 0 Å². The first-order valence-corrected chi connectivity index (χ1v) is 11.5. The molecule has 168 valence electrons. The smallest absolute Gasteiger partial charge is 0.194 e. The van der Waals surface area contributed by atoms with Crippen molar-refractivity contribution in [3.63, 3.8) is 0 Å². The molecule has 1 aromatic carbocycles. The van der Waals surface area contributed by atoms with Gasteiger partial charge in [-0.05, 0) is 51.2 Å². The Bertz CT molecular complexity index is 1220. The predicted molar refractivity (Wildman–Crippen MR) is 125 cm³/mol. The lowest BCUT2D eigenvalue weighted by Gasteiger charge is -2.39. The van der Waals surface area contributed by atoms with Gasteiger partial charge in [-0.25, -0.2) is 4.39 Å². The molecule has 0 bridgehead atoms. The quantitative estimate of drug-likeness (QED) is 0.438. The lowest BCUT2D eigenvalue weighted by Crippen LogP contribution is -2.41. The number of aromatic nitrogens is 2. The zero-order chi connectivity index (χ0) is 22.3. The average Bonchev–Trinajstić information content (AvgIpc) is 3.27. The zero-order valence-electron chi connectivity index (χ0n) is 18.4. The minimum Gasteiger partial charge on any atom is -0.487 e. The number of anilines is 2. The van der Waals surface area contributed by atoms with Crippen LogP contribution in [0.3, 0.4) is 0 Å². The molecule has 1 saturated carbocycles. The fraction of sp³-hybridized carbons (Fsp3) is 0.440. The van der Waals surface area contributed by atoms with Gasteiger partial charge in [0.1, 0.15) is 12.3 Å². The van der Waals surface area contributed by atoms with E-state index in [2.05, 4.69) is 14.9 Å². The molecule has 1 aliphatic heterocycles. The molecule has 6 nitrogen and oxygen atoms in total. The van der Waals surface area contributed by atoms with Gasteiger partial charge in [0.15, 0.2) is 17.0 Å². The summed E-state index contributed by atoms with van der Waals surface area (Å²) in [7, 11) is 0. The topological polar surface area (TPSA) is 82.2 Å². The van der Waals surface area contributed by atoms with E-state index in [0.717, 1.165) is 50.6 Å². The van der Waals surface area contributed by atoms with Crippen LogP contribution in [0.25, 0.3) is 10.9 Å². The fourth-order valence-electron chi connectivity index (χ4n) is 5.23. The molecule has 1 spiro atoms. The largest absolute Gasteiger partial charge is 0.487 e. The van der Waals surface area contributed by atoms with Crippen LogP contribution in [0.4, 0.5) is 15.8 Å². The molecule has 1 aliphatic carbocycles. The number of hydrogen-bond acceptors (Lipinski definition) is 5. The van der Waals surface area contributed by atoms with Crippen molar-refractivity contribution < 1.29 is 9.13 Å². The number of nitrogen functional groups attached to an aromatic ring is 1. The highest BCUT2D eigenvalue weighted by Crippen LogP contribution is 2.48. The second-order valence-electron chi connectivity index (χ2n) is 9.09. The SMILES string of the molecule is Cc1cn2c3c(c(NCCCCc4ccccn4)c(F)c(N)c3c1=O)OCC21CCCC1. The van der Waals surface area contributed by atoms with E-state index >= 15 is 4.39 Å². The van der Waals surface area contributed by atoms with Gasteiger partial charge in [-0.3, -0.25) is 9.78 Å². The van der Waals surface area contributed by atoms with Crippen molar-refractivity contribution in [2.24, 2.45) is 0 Å². The Balaban J connectivity index is 1.48. The fourth-order valence-corrected chi connectivity index (χ4v) is 5.23. The third kappa shape index (κ3) is 3.31. The van der Waals surface area contributed by atoms with Crippen LogP contribution in [0.15, 0.2) is 35.4 Å². The molecule has 2 aromatic heterocycles. The van der Waals surface area contributed by atoms with Crippen molar-refractivity contribution in [3.8, 4) is 5.75 Å². The molecule has 1 fully saturated rings. The normalized spacial score (nSPS) is 16.4. The van der Waals surface area contributed by atoms with Gasteiger partial charge in [0, 0.05) is 30.2 Å². The summed E-state index contributed by atoms with van der Waals surface area (Å²) < 4.78 is 23.7. The van der Waals surface area contributed by atoms with Gasteiger partial charge in [0.2, 0.25) is 0 Å². The van der Waals surface area contributed by atoms with E-state index in [0.29, 0.717) is 30.0 Å². The van der Waals surface area contributed by atoms with Crippen LogP contribution in [0.1, 0.15) is 49.8 Å². The molecule has 0 atom stereocenters. The van der Waals surface area contributed by atoms with Gasteiger partial charge in [-0.15, -0.1) is 0 Å². The van der Waals surface area contributed by atoms with E-state index in [4.69, 9.17) is 10.5 Å². The number of rotatable bonds is 6. The molecule has 7 heteroatoms. The van der Waals surface area contributed by atoms with Crippen molar-refractivity contribution in [3.05, 3.63) is 57.9 Å². The zero-order valence-corrected chi connectivity index (χ0v) is 18.4. The molecule has 32 heavy (non-hydrogen) atoms. The molecule has 2 aliphatic rings. The molecular weight excluding hydrogens is 407 g/mol. The Kier molecular flexibility index (Phi) is 5.27. The van der Waals surface area contributed by atoms with E-state index in [1.807, 2.05) is 24.4 Å². The maximum atomic E-state index is 15.4. The number of benzene rings is 1. The lowest BCUT2D eigenvalue weighted by molar-refractivity contribution is 0.143. The van der Waals surface area contributed by atoms with Crippen molar-refractivity contribution >= 4 is 22.3 Å². The molecule has 0 unspecified atom stereocenters. The molecule has 0 amide bonds. The number of halogens is 1. The van der Waals surface area contributed by atoms with Crippen LogP contribution < -0.4 is 21.2 Å². The number of aryl methyl sites for hydroxylation is 2. The van der Waals surface area contributed by atoms with Gasteiger partial charge in [0.25, 0.3) is 0 Å². The molecular formula is C25H29FN4O2. The van der Waals surface area contributed by atoms with Crippen molar-refractivity contribution in [2.75, 3.05) is 24.2 Å². The number of nitrogens with one attached hydrogen (secondary N) is 1. The second-order valence-corrected chi connectivity index (χ2v) is 9.09. The van der Waals surface area contributed by atoms with Crippen LogP contribution in [0.2, 0.25) is 0 Å². The lowest BCUT2D eigenvalue weighted by atomic mass is 9.93. The van der Waals surface area contributed by atoms with E-state index in [-0.39, 0.29) is 27.7 Å². The monoisotopic (exact) mass is 436 g/mol. The first-order chi connectivity index (χ1) is 15.5. The predicted octanol–water partition coefficient (Wildman–Crippen LogP) is 4.52. The Morgan fingerprint density at radius 1 is 1.28 bits per heavy atom. The minimum absolute atomic E-state index is 0.0965. The van der Waals surface area contributed by atoms with Crippen molar-refractivity contribution in [2.45, 2.75) is 57.4 Å². The van der Waals surface area contributed by atoms with Gasteiger partial charge < -0.3 is 20.4 Å². The standard InChI is InChI=1S/C25H29FN4O2/c1-16-14-30-22-18(23(16)31)20(27)19(26)21(24(22)32-15-25(30)10-4-5-11-25)29-13-7-3-9-17-8-2-6-12-28-17/h2,6,8,12,14,29H,3-5,7,9-11,13,15,27H2,1H3. The van der Waals surface area contributed by atoms with Crippen molar-refractivity contribution in [1.82, 2.24) is 9.55 Å². The third-order valence-corrected chi connectivity index (χ3v) is 6.97. The first kappa shape index (κ1) is 20.8. The molecule has 5 rings (SSSR count). The second kappa shape index (κ2) is 8.11. The van der Waals surface area contributed by atoms with E-state index in [9.17, 15) is 4.79 Å². The Labute approximate surface area is 186 Å². The Hall–Kier alpha value is -3.09. The minimum atomic E-state index is -0.603. The van der Waals surface area contributed by atoms with Gasteiger partial charge in [-0.1, -0.05) is 18.9 Å². The van der Waals surface area contributed by atoms with Crippen LogP contribution in [0, 0.1) is 12.7 Å².